The molecule has 27 heavy (non-hydrogen) atoms. The van der Waals surface area contributed by atoms with Gasteiger partial charge in [0.15, 0.2) is 8.32 Å². The quantitative estimate of drug-likeness (QED) is 0.528. The van der Waals surface area contributed by atoms with Gasteiger partial charge in [-0.3, -0.25) is 0 Å². The minimum atomic E-state index is -4.52. The van der Waals surface area contributed by atoms with Crippen molar-refractivity contribution in [3.8, 4) is 16.3 Å². The molecule has 2 aromatic heterocycles. The Morgan fingerprint density at radius 3 is 2.37 bits per heavy atom. The van der Waals surface area contributed by atoms with E-state index in [1.807, 2.05) is 0 Å². The van der Waals surface area contributed by atoms with Gasteiger partial charge in [0.25, 0.3) is 0 Å². The molecule has 2 heterocycles. The summed E-state index contributed by atoms with van der Waals surface area (Å²) in [5.74, 6) is 0.311. The Morgan fingerprint density at radius 1 is 1.15 bits per heavy atom. The first-order valence-corrected chi connectivity index (χ1v) is 12.4. The molecule has 0 aromatic carbocycles. The number of rotatable bonds is 6. The van der Waals surface area contributed by atoms with Gasteiger partial charge < -0.3 is 9.16 Å². The van der Waals surface area contributed by atoms with Crippen LogP contribution in [0.15, 0.2) is 18.3 Å². The Labute approximate surface area is 162 Å². The number of hydrogen-bond donors (Lipinski definition) is 0. The van der Waals surface area contributed by atoms with Crippen LogP contribution in [0.2, 0.25) is 18.1 Å². The summed E-state index contributed by atoms with van der Waals surface area (Å²) in [7, 11) is -1.94. The highest BCUT2D eigenvalue weighted by molar-refractivity contribution is 7.15. The van der Waals surface area contributed by atoms with Crippen molar-refractivity contribution in [3.05, 3.63) is 29.0 Å². The van der Waals surface area contributed by atoms with Gasteiger partial charge in [0.2, 0.25) is 0 Å². The fraction of sp³-hybridized carbons (Fsp3) is 0.556. The van der Waals surface area contributed by atoms with Crippen LogP contribution in [0.4, 0.5) is 13.2 Å². The molecule has 0 fully saturated rings. The number of hydrogen-bond acceptors (Lipinski definition) is 5. The van der Waals surface area contributed by atoms with Gasteiger partial charge in [-0.2, -0.15) is 13.2 Å². The topological polar surface area (TPSA) is 44.2 Å². The average Bonchev–Trinajstić information content (AvgIpc) is 3.00. The molecule has 0 atom stereocenters. The lowest BCUT2D eigenvalue weighted by molar-refractivity contribution is -0.141. The molecule has 0 unspecified atom stereocenters. The number of thiazole rings is 1. The van der Waals surface area contributed by atoms with E-state index in [4.69, 9.17) is 9.16 Å². The average molecular weight is 419 g/mol. The zero-order valence-electron chi connectivity index (χ0n) is 16.4. The smallest absolute Gasteiger partial charge is 0.433 e. The molecule has 0 bridgehead atoms. The first kappa shape index (κ1) is 21.8. The summed E-state index contributed by atoms with van der Waals surface area (Å²) in [6.07, 6.45) is -2.99. The second-order valence-corrected chi connectivity index (χ2v) is 13.6. The number of aromatic nitrogens is 2. The molecule has 2 rings (SSSR count). The van der Waals surface area contributed by atoms with Crippen molar-refractivity contribution in [2.24, 2.45) is 0 Å². The molecule has 0 N–H and O–H groups in total. The van der Waals surface area contributed by atoms with E-state index >= 15 is 0 Å². The maximum absolute atomic E-state index is 13.0. The summed E-state index contributed by atoms with van der Waals surface area (Å²) >= 11 is 1.27. The maximum atomic E-state index is 13.0. The SMILES string of the molecule is CCOc1ccc(C(F)(F)F)nc1-c1cnc(CO[Si](C)(C)C(C)(C)C)s1. The van der Waals surface area contributed by atoms with E-state index in [1.165, 1.54) is 23.6 Å². The Hall–Kier alpha value is -1.45. The second kappa shape index (κ2) is 7.88. The third kappa shape index (κ3) is 5.29. The van der Waals surface area contributed by atoms with Crippen LogP contribution in [0.5, 0.6) is 5.75 Å². The summed E-state index contributed by atoms with van der Waals surface area (Å²) in [6, 6.07) is 2.23. The summed E-state index contributed by atoms with van der Waals surface area (Å²) in [4.78, 5) is 8.62. The van der Waals surface area contributed by atoms with Crippen LogP contribution in [0, 0.1) is 0 Å². The van der Waals surface area contributed by atoms with Crippen molar-refractivity contribution >= 4 is 19.7 Å². The zero-order chi connectivity index (χ0) is 20.5. The van der Waals surface area contributed by atoms with E-state index in [0.29, 0.717) is 28.8 Å². The van der Waals surface area contributed by atoms with Crippen LogP contribution in [0.1, 0.15) is 38.4 Å². The largest absolute Gasteiger partial charge is 0.492 e. The van der Waals surface area contributed by atoms with Crippen molar-refractivity contribution in [2.75, 3.05) is 6.61 Å². The monoisotopic (exact) mass is 418 g/mol. The highest BCUT2D eigenvalue weighted by Gasteiger charge is 2.37. The predicted octanol–water partition coefficient (Wildman–Crippen LogP) is 6.14. The normalized spacial score (nSPS) is 13.1. The summed E-state index contributed by atoms with van der Waals surface area (Å²) in [6.45, 7) is 13.2. The standard InChI is InChI=1S/C18H25F3N2O2SSi/c1-7-24-12-8-9-14(18(19,20)21)23-16(12)13-10-22-15(26-13)11-25-27(5,6)17(2,3)4/h8-10H,7,11H2,1-6H3. The molecule has 0 amide bonds. The summed E-state index contributed by atoms with van der Waals surface area (Å²) in [5, 5.41) is 0.772. The van der Waals surface area contributed by atoms with E-state index in [-0.39, 0.29) is 10.7 Å². The number of ether oxygens (including phenoxy) is 1. The van der Waals surface area contributed by atoms with Crippen molar-refractivity contribution in [1.82, 2.24) is 9.97 Å². The molecule has 4 nitrogen and oxygen atoms in total. The van der Waals surface area contributed by atoms with E-state index in [9.17, 15) is 13.2 Å². The van der Waals surface area contributed by atoms with Gasteiger partial charge in [0, 0.05) is 6.20 Å². The number of pyridine rings is 1. The van der Waals surface area contributed by atoms with Crippen molar-refractivity contribution in [2.45, 2.75) is 58.6 Å². The van der Waals surface area contributed by atoms with Gasteiger partial charge in [0.05, 0.1) is 18.1 Å². The number of nitrogens with zero attached hydrogens (tertiary/aromatic N) is 2. The summed E-state index contributed by atoms with van der Waals surface area (Å²) in [5.41, 5.74) is -0.795. The third-order valence-electron chi connectivity index (χ3n) is 4.60. The van der Waals surface area contributed by atoms with E-state index < -0.39 is 20.2 Å². The lowest BCUT2D eigenvalue weighted by Crippen LogP contribution is -2.40. The van der Waals surface area contributed by atoms with Crippen LogP contribution in [-0.4, -0.2) is 24.9 Å². The maximum Gasteiger partial charge on any atom is 0.433 e. The summed E-state index contributed by atoms with van der Waals surface area (Å²) < 4.78 is 50.7. The van der Waals surface area contributed by atoms with E-state index in [2.05, 4.69) is 43.8 Å². The van der Waals surface area contributed by atoms with Crippen LogP contribution in [0.3, 0.4) is 0 Å². The Balaban J connectivity index is 2.29. The van der Waals surface area contributed by atoms with E-state index in [0.717, 1.165) is 6.07 Å². The molecule has 150 valence electrons. The zero-order valence-corrected chi connectivity index (χ0v) is 18.2. The molecule has 0 spiro atoms. The molecule has 0 saturated heterocycles. The molecule has 2 aromatic rings. The van der Waals surface area contributed by atoms with Crippen molar-refractivity contribution < 1.29 is 22.3 Å². The highest BCUT2D eigenvalue weighted by atomic mass is 32.1. The fourth-order valence-electron chi connectivity index (χ4n) is 2.00. The minimum absolute atomic E-state index is 0.0673. The molecule has 0 aliphatic carbocycles. The van der Waals surface area contributed by atoms with Gasteiger partial charge in [0.1, 0.15) is 22.1 Å². The van der Waals surface area contributed by atoms with Gasteiger partial charge in [-0.15, -0.1) is 11.3 Å². The molecule has 0 aliphatic rings. The van der Waals surface area contributed by atoms with Crippen molar-refractivity contribution in [3.63, 3.8) is 0 Å². The predicted molar refractivity (Wildman–Crippen MR) is 104 cm³/mol. The fourth-order valence-corrected chi connectivity index (χ4v) is 3.86. The van der Waals surface area contributed by atoms with Gasteiger partial charge >= 0.3 is 6.18 Å². The molecular weight excluding hydrogens is 393 g/mol. The number of alkyl halides is 3. The first-order valence-electron chi connectivity index (χ1n) is 8.65. The van der Waals surface area contributed by atoms with Crippen LogP contribution >= 0.6 is 11.3 Å². The minimum Gasteiger partial charge on any atom is -0.492 e. The van der Waals surface area contributed by atoms with Gasteiger partial charge in [-0.05, 0) is 37.2 Å². The van der Waals surface area contributed by atoms with Crippen LogP contribution in [-0.2, 0) is 17.2 Å². The lowest BCUT2D eigenvalue weighted by Gasteiger charge is -2.35. The molecule has 9 heteroatoms. The number of halogens is 3. The van der Waals surface area contributed by atoms with Crippen LogP contribution in [0.25, 0.3) is 10.6 Å². The lowest BCUT2D eigenvalue weighted by atomic mass is 10.2. The first-order chi connectivity index (χ1) is 12.3. The van der Waals surface area contributed by atoms with Gasteiger partial charge in [-0.1, -0.05) is 20.8 Å². The van der Waals surface area contributed by atoms with E-state index in [1.54, 1.807) is 6.92 Å². The highest BCUT2D eigenvalue weighted by Crippen LogP contribution is 2.39. The second-order valence-electron chi connectivity index (χ2n) is 7.64. The van der Waals surface area contributed by atoms with Crippen LogP contribution < -0.4 is 4.74 Å². The van der Waals surface area contributed by atoms with Crippen molar-refractivity contribution in [1.29, 1.82) is 0 Å². The molecular formula is C18H25F3N2O2SSi. The third-order valence-corrected chi connectivity index (χ3v) is 10.1. The Bertz CT molecular complexity index is 786. The van der Waals surface area contributed by atoms with Gasteiger partial charge in [-0.25, -0.2) is 9.97 Å². The molecule has 0 saturated carbocycles. The Morgan fingerprint density at radius 2 is 1.81 bits per heavy atom. The Kier molecular flexibility index (Phi) is 6.38. The molecule has 0 aliphatic heterocycles. The molecule has 0 radical (unpaired) electrons.